The molecule has 0 radical (unpaired) electrons. The fourth-order valence-electron chi connectivity index (χ4n) is 2.02. The summed E-state index contributed by atoms with van der Waals surface area (Å²) in [6, 6.07) is 6.32. The molecular formula is C14H16BrIN2. The number of nitrogen functional groups attached to an aromatic ring is 1. The number of hydrogen-bond acceptors (Lipinski definition) is 2. The summed E-state index contributed by atoms with van der Waals surface area (Å²) in [4.78, 5) is 4.52. The van der Waals surface area contributed by atoms with E-state index in [9.17, 15) is 0 Å². The van der Waals surface area contributed by atoms with Crippen LogP contribution in [0.5, 0.6) is 0 Å². The molecule has 96 valence electrons. The van der Waals surface area contributed by atoms with Crippen molar-refractivity contribution in [2.24, 2.45) is 0 Å². The normalized spacial score (nSPS) is 11.1. The van der Waals surface area contributed by atoms with E-state index in [0.717, 1.165) is 16.4 Å². The number of rotatable bonds is 4. The average molecular weight is 419 g/mol. The quantitative estimate of drug-likeness (QED) is 0.565. The zero-order valence-electron chi connectivity index (χ0n) is 10.3. The highest BCUT2D eigenvalue weighted by atomic mass is 127. The summed E-state index contributed by atoms with van der Waals surface area (Å²) in [7, 11) is 0. The molecule has 0 saturated carbocycles. The van der Waals surface area contributed by atoms with Gasteiger partial charge in [-0.1, -0.05) is 35.7 Å². The van der Waals surface area contributed by atoms with Gasteiger partial charge in [-0.2, -0.15) is 0 Å². The Bertz CT molecular complexity index is 569. The molecule has 18 heavy (non-hydrogen) atoms. The van der Waals surface area contributed by atoms with Gasteiger partial charge in [-0.3, -0.25) is 0 Å². The molecule has 0 atom stereocenters. The zero-order chi connectivity index (χ0) is 13.1. The molecule has 1 aromatic heterocycles. The number of halogens is 2. The Labute approximate surface area is 130 Å². The van der Waals surface area contributed by atoms with Gasteiger partial charge in [0.25, 0.3) is 0 Å². The number of fused-ring (bicyclic) bond motifs is 1. The number of benzene rings is 1. The molecule has 0 saturated heterocycles. The van der Waals surface area contributed by atoms with Gasteiger partial charge < -0.3 is 5.73 Å². The van der Waals surface area contributed by atoms with E-state index >= 15 is 0 Å². The maximum Gasteiger partial charge on any atom is 0.127 e. The molecule has 4 heteroatoms. The highest BCUT2D eigenvalue weighted by Gasteiger charge is 2.07. The summed E-state index contributed by atoms with van der Waals surface area (Å²) < 4.78 is 2.26. The predicted molar refractivity (Wildman–Crippen MR) is 89.8 cm³/mol. The number of hydrogen-bond donors (Lipinski definition) is 1. The molecule has 0 amide bonds. The van der Waals surface area contributed by atoms with E-state index in [1.807, 2.05) is 6.07 Å². The number of aromatic nitrogens is 1. The van der Waals surface area contributed by atoms with Gasteiger partial charge in [0, 0.05) is 13.4 Å². The Hall–Kier alpha value is -0.360. The molecule has 0 bridgehead atoms. The van der Waals surface area contributed by atoms with Crippen molar-refractivity contribution in [2.75, 3.05) is 5.73 Å². The maximum absolute atomic E-state index is 6.04. The average Bonchev–Trinajstić information content (AvgIpc) is 2.30. The predicted octanol–water partition coefficient (Wildman–Crippen LogP) is 4.92. The summed E-state index contributed by atoms with van der Waals surface area (Å²) >= 11 is 5.84. The van der Waals surface area contributed by atoms with Crippen molar-refractivity contribution in [1.82, 2.24) is 4.98 Å². The molecule has 0 unspecified atom stereocenters. The minimum Gasteiger partial charge on any atom is -0.383 e. The molecule has 1 aromatic carbocycles. The highest BCUT2D eigenvalue weighted by Crippen LogP contribution is 2.27. The Balaban J connectivity index is 2.41. The van der Waals surface area contributed by atoms with Gasteiger partial charge in [-0.15, -0.1) is 0 Å². The molecule has 2 nitrogen and oxygen atoms in total. The molecule has 2 N–H and O–H groups in total. The molecule has 0 aliphatic heterocycles. The lowest BCUT2D eigenvalue weighted by atomic mass is 10.1. The van der Waals surface area contributed by atoms with Crippen LogP contribution in [0, 0.1) is 3.57 Å². The van der Waals surface area contributed by atoms with Crippen LogP contribution >= 0.6 is 38.5 Å². The summed E-state index contributed by atoms with van der Waals surface area (Å²) in [5, 5.41) is 1.19. The first-order chi connectivity index (χ1) is 8.61. The first kappa shape index (κ1) is 14.1. The topological polar surface area (TPSA) is 38.9 Å². The van der Waals surface area contributed by atoms with E-state index < -0.39 is 0 Å². The first-order valence-corrected chi connectivity index (χ1v) is 8.03. The second kappa shape index (κ2) is 6.19. The monoisotopic (exact) mass is 418 g/mol. The largest absolute Gasteiger partial charge is 0.383 e. The van der Waals surface area contributed by atoms with Crippen LogP contribution in [0.25, 0.3) is 10.9 Å². The summed E-state index contributed by atoms with van der Waals surface area (Å²) in [5.74, 6) is 0.674. The van der Waals surface area contributed by atoms with Crippen molar-refractivity contribution in [3.63, 3.8) is 0 Å². The summed E-state index contributed by atoms with van der Waals surface area (Å²) in [6.45, 7) is 2.21. The number of pyridine rings is 1. The summed E-state index contributed by atoms with van der Waals surface area (Å²) in [5.41, 5.74) is 8.18. The van der Waals surface area contributed by atoms with Crippen molar-refractivity contribution in [1.29, 1.82) is 0 Å². The molecule has 2 rings (SSSR count). The third-order valence-corrected chi connectivity index (χ3v) is 4.36. The van der Waals surface area contributed by atoms with Crippen molar-refractivity contribution >= 4 is 55.2 Å². The fraction of sp³-hybridized carbons (Fsp3) is 0.357. The van der Waals surface area contributed by atoms with Gasteiger partial charge in [0.05, 0.1) is 5.52 Å². The van der Waals surface area contributed by atoms with E-state index in [-0.39, 0.29) is 0 Å². The minimum absolute atomic E-state index is 0.674. The van der Waals surface area contributed by atoms with E-state index in [1.165, 1.54) is 33.8 Å². The van der Waals surface area contributed by atoms with Crippen LogP contribution in [-0.2, 0) is 6.42 Å². The Kier molecular flexibility index (Phi) is 4.84. The zero-order valence-corrected chi connectivity index (χ0v) is 14.1. The fourth-order valence-corrected chi connectivity index (χ4v) is 3.66. The second-order valence-electron chi connectivity index (χ2n) is 4.44. The van der Waals surface area contributed by atoms with E-state index in [0.29, 0.717) is 5.82 Å². The van der Waals surface area contributed by atoms with Crippen LogP contribution in [0.4, 0.5) is 5.82 Å². The molecule has 2 aromatic rings. The molecule has 0 aliphatic carbocycles. The Morgan fingerprint density at radius 1 is 1.28 bits per heavy atom. The van der Waals surface area contributed by atoms with Crippen molar-refractivity contribution < 1.29 is 0 Å². The minimum atomic E-state index is 0.674. The standard InChI is InChI=1S/C14H16BrIN2/c1-2-3-4-5-9-6-11-12(16)7-10(15)8-13(11)18-14(9)17/h6-8H,2-5H2,1H3,(H2,17,18). The van der Waals surface area contributed by atoms with E-state index in [1.54, 1.807) is 0 Å². The van der Waals surface area contributed by atoms with Crippen LogP contribution in [-0.4, -0.2) is 4.98 Å². The van der Waals surface area contributed by atoms with Crippen LogP contribution < -0.4 is 5.73 Å². The molecule has 0 aliphatic rings. The van der Waals surface area contributed by atoms with Crippen molar-refractivity contribution in [2.45, 2.75) is 32.6 Å². The van der Waals surface area contributed by atoms with E-state index in [2.05, 4.69) is 62.6 Å². The second-order valence-corrected chi connectivity index (χ2v) is 6.52. The van der Waals surface area contributed by atoms with Gasteiger partial charge >= 0.3 is 0 Å². The third-order valence-electron chi connectivity index (χ3n) is 3.01. The van der Waals surface area contributed by atoms with Crippen molar-refractivity contribution in [3.05, 3.63) is 31.8 Å². The van der Waals surface area contributed by atoms with Gasteiger partial charge in [-0.05, 0) is 59.2 Å². The van der Waals surface area contributed by atoms with Gasteiger partial charge in [0.15, 0.2) is 0 Å². The highest BCUT2D eigenvalue weighted by molar-refractivity contribution is 14.1. The van der Waals surface area contributed by atoms with Crippen LogP contribution in [0.15, 0.2) is 22.7 Å². The Morgan fingerprint density at radius 3 is 2.78 bits per heavy atom. The SMILES string of the molecule is CCCCCc1cc2c(I)cc(Br)cc2nc1N. The molecule has 0 fully saturated rings. The van der Waals surface area contributed by atoms with Crippen LogP contribution in [0.1, 0.15) is 31.7 Å². The number of anilines is 1. The van der Waals surface area contributed by atoms with Crippen molar-refractivity contribution in [3.8, 4) is 0 Å². The number of nitrogens with two attached hydrogens (primary N) is 1. The lowest BCUT2D eigenvalue weighted by Gasteiger charge is -2.08. The lowest BCUT2D eigenvalue weighted by molar-refractivity contribution is 0.718. The van der Waals surface area contributed by atoms with Gasteiger partial charge in [0.1, 0.15) is 5.82 Å². The third kappa shape index (κ3) is 3.15. The number of aryl methyl sites for hydroxylation is 1. The van der Waals surface area contributed by atoms with Crippen LogP contribution in [0.2, 0.25) is 0 Å². The smallest absolute Gasteiger partial charge is 0.127 e. The van der Waals surface area contributed by atoms with Gasteiger partial charge in [0.2, 0.25) is 0 Å². The molecular weight excluding hydrogens is 403 g/mol. The van der Waals surface area contributed by atoms with E-state index in [4.69, 9.17) is 5.73 Å². The lowest BCUT2D eigenvalue weighted by Crippen LogP contribution is -1.99. The maximum atomic E-state index is 6.04. The number of unbranched alkanes of at least 4 members (excludes halogenated alkanes) is 2. The number of nitrogens with zero attached hydrogens (tertiary/aromatic N) is 1. The molecule has 0 spiro atoms. The van der Waals surface area contributed by atoms with Crippen LogP contribution in [0.3, 0.4) is 0 Å². The molecule has 1 heterocycles. The Morgan fingerprint density at radius 2 is 2.06 bits per heavy atom. The first-order valence-electron chi connectivity index (χ1n) is 6.16. The summed E-state index contributed by atoms with van der Waals surface area (Å²) in [6.07, 6.45) is 4.68. The van der Waals surface area contributed by atoms with Gasteiger partial charge in [-0.25, -0.2) is 4.98 Å².